The van der Waals surface area contributed by atoms with Crippen molar-refractivity contribution in [1.29, 1.82) is 0 Å². The quantitative estimate of drug-likeness (QED) is 0.632. The van der Waals surface area contributed by atoms with Crippen molar-refractivity contribution in [3.63, 3.8) is 0 Å². The molecule has 3 aromatic rings. The molecule has 0 radical (unpaired) electrons. The summed E-state index contributed by atoms with van der Waals surface area (Å²) in [5.41, 5.74) is 2.21. The fourth-order valence-corrected chi connectivity index (χ4v) is 5.16. The van der Waals surface area contributed by atoms with Crippen LogP contribution in [0.5, 0.6) is 0 Å². The molecule has 1 fully saturated rings. The largest absolute Gasteiger partial charge is 0.340 e. The second-order valence-electron chi connectivity index (χ2n) is 7.61. The molecular formula is C21H20BrN3O2. The topological polar surface area (TPSA) is 47.2 Å². The van der Waals surface area contributed by atoms with E-state index in [1.807, 2.05) is 56.6 Å². The standard InChI is InChI=1S/C21H20BrN3O2/c22-17-3-1-5-19-16(17)7-8-23(19)13-21(27)24-10-14-9-15(12-24)18-4-2-6-20(26)25(18)11-14/h1-8,14-15H,9-13H2/t14-,15-/m1/s1. The number of carbonyl (C=O) groups is 1. The van der Waals surface area contributed by atoms with Gasteiger partial charge in [0.25, 0.3) is 5.56 Å². The molecule has 138 valence electrons. The number of benzene rings is 1. The number of rotatable bonds is 2. The lowest BCUT2D eigenvalue weighted by molar-refractivity contribution is -0.134. The molecule has 27 heavy (non-hydrogen) atoms. The van der Waals surface area contributed by atoms with Gasteiger partial charge in [-0.2, -0.15) is 0 Å². The van der Waals surface area contributed by atoms with E-state index >= 15 is 0 Å². The first kappa shape index (κ1) is 16.8. The first-order valence-electron chi connectivity index (χ1n) is 9.31. The summed E-state index contributed by atoms with van der Waals surface area (Å²) in [4.78, 5) is 27.2. The Morgan fingerprint density at radius 1 is 1.07 bits per heavy atom. The van der Waals surface area contributed by atoms with Crippen LogP contribution in [0.1, 0.15) is 18.0 Å². The van der Waals surface area contributed by atoms with E-state index in [4.69, 9.17) is 0 Å². The average Bonchev–Trinajstić information content (AvgIpc) is 3.07. The summed E-state index contributed by atoms with van der Waals surface area (Å²) in [5.74, 6) is 0.760. The lowest BCUT2D eigenvalue weighted by atomic mass is 9.83. The van der Waals surface area contributed by atoms with Crippen LogP contribution >= 0.6 is 15.9 Å². The van der Waals surface area contributed by atoms with Crippen molar-refractivity contribution < 1.29 is 4.79 Å². The Kier molecular flexibility index (Phi) is 3.97. The van der Waals surface area contributed by atoms with Gasteiger partial charge in [0.15, 0.2) is 0 Å². The zero-order valence-corrected chi connectivity index (χ0v) is 16.4. The predicted octanol–water partition coefficient (Wildman–Crippen LogP) is 3.21. The fourth-order valence-electron chi connectivity index (χ4n) is 4.67. The van der Waals surface area contributed by atoms with Crippen molar-refractivity contribution in [2.45, 2.75) is 25.4 Å². The Balaban J connectivity index is 1.39. The molecule has 1 aromatic carbocycles. The molecule has 0 unspecified atom stereocenters. The number of halogens is 1. The Bertz CT molecular complexity index is 1100. The SMILES string of the molecule is O=C(Cn1ccc2c(Br)cccc21)N1C[C@H]2C[C@H](C1)c1cccc(=O)n1C2. The minimum absolute atomic E-state index is 0.0753. The van der Waals surface area contributed by atoms with Gasteiger partial charge in [-0.25, -0.2) is 0 Å². The van der Waals surface area contributed by atoms with Crippen LogP contribution in [0.2, 0.25) is 0 Å². The van der Waals surface area contributed by atoms with Gasteiger partial charge in [-0.3, -0.25) is 9.59 Å². The number of likely N-dealkylation sites (tertiary alicyclic amines) is 1. The number of piperidine rings is 1. The van der Waals surface area contributed by atoms with Crippen molar-refractivity contribution >= 4 is 32.7 Å². The molecule has 1 amide bonds. The maximum Gasteiger partial charge on any atom is 0.250 e. The third kappa shape index (κ3) is 2.83. The Labute approximate surface area is 165 Å². The molecule has 6 heteroatoms. The highest BCUT2D eigenvalue weighted by Crippen LogP contribution is 2.35. The highest BCUT2D eigenvalue weighted by Gasteiger charge is 2.36. The van der Waals surface area contributed by atoms with E-state index < -0.39 is 0 Å². The minimum Gasteiger partial charge on any atom is -0.340 e. The Morgan fingerprint density at radius 2 is 1.93 bits per heavy atom. The molecule has 0 aliphatic carbocycles. The summed E-state index contributed by atoms with van der Waals surface area (Å²) < 4.78 is 4.96. The highest BCUT2D eigenvalue weighted by molar-refractivity contribution is 9.10. The summed E-state index contributed by atoms with van der Waals surface area (Å²) in [6.45, 7) is 2.50. The molecule has 0 N–H and O–H groups in total. The molecule has 5 rings (SSSR count). The smallest absolute Gasteiger partial charge is 0.250 e. The van der Waals surface area contributed by atoms with Crippen molar-refractivity contribution in [1.82, 2.24) is 14.0 Å². The summed E-state index contributed by atoms with van der Waals surface area (Å²) in [5, 5.41) is 1.12. The average molecular weight is 426 g/mol. The number of amides is 1. The first-order valence-corrected chi connectivity index (χ1v) is 10.1. The third-order valence-corrected chi connectivity index (χ3v) is 6.59. The fraction of sp³-hybridized carbons (Fsp3) is 0.333. The van der Waals surface area contributed by atoms with E-state index in [1.54, 1.807) is 6.07 Å². The number of carbonyl (C=O) groups excluding carboxylic acids is 1. The number of nitrogens with zero attached hydrogens (tertiary/aromatic N) is 3. The normalized spacial score (nSPS) is 21.3. The van der Waals surface area contributed by atoms with Gasteiger partial charge in [0.2, 0.25) is 5.91 Å². The number of hydrogen-bond acceptors (Lipinski definition) is 2. The second-order valence-corrected chi connectivity index (χ2v) is 8.47. The second kappa shape index (κ2) is 6.37. The molecular weight excluding hydrogens is 406 g/mol. The van der Waals surface area contributed by atoms with Gasteiger partial charge in [0.05, 0.1) is 0 Å². The monoisotopic (exact) mass is 425 g/mol. The van der Waals surface area contributed by atoms with Crippen LogP contribution in [0.25, 0.3) is 10.9 Å². The highest BCUT2D eigenvalue weighted by atomic mass is 79.9. The van der Waals surface area contributed by atoms with Crippen molar-refractivity contribution in [3.8, 4) is 0 Å². The van der Waals surface area contributed by atoms with Crippen LogP contribution in [-0.4, -0.2) is 33.0 Å². The van der Waals surface area contributed by atoms with E-state index in [-0.39, 0.29) is 17.4 Å². The van der Waals surface area contributed by atoms with Gasteiger partial charge in [0.1, 0.15) is 6.54 Å². The Morgan fingerprint density at radius 3 is 2.81 bits per heavy atom. The summed E-state index contributed by atoms with van der Waals surface area (Å²) >= 11 is 3.57. The van der Waals surface area contributed by atoms with Crippen LogP contribution < -0.4 is 5.56 Å². The molecule has 4 heterocycles. The molecule has 2 aliphatic rings. The molecule has 2 aliphatic heterocycles. The van der Waals surface area contributed by atoms with Crippen LogP contribution in [-0.2, 0) is 17.9 Å². The minimum atomic E-state index is 0.0753. The van der Waals surface area contributed by atoms with E-state index in [0.29, 0.717) is 25.6 Å². The summed E-state index contributed by atoms with van der Waals surface area (Å²) in [6, 6.07) is 13.6. The summed E-state index contributed by atoms with van der Waals surface area (Å²) in [7, 11) is 0. The number of aromatic nitrogens is 2. The van der Waals surface area contributed by atoms with E-state index in [2.05, 4.69) is 15.9 Å². The van der Waals surface area contributed by atoms with Crippen LogP contribution in [0.3, 0.4) is 0 Å². The lowest BCUT2D eigenvalue weighted by Crippen LogP contribution is -2.49. The third-order valence-electron chi connectivity index (χ3n) is 5.90. The molecule has 5 nitrogen and oxygen atoms in total. The zero-order chi connectivity index (χ0) is 18.5. The maximum absolute atomic E-state index is 13.0. The number of pyridine rings is 1. The molecule has 0 spiro atoms. The first-order chi connectivity index (χ1) is 13.1. The van der Waals surface area contributed by atoms with E-state index in [0.717, 1.165) is 34.0 Å². The zero-order valence-electron chi connectivity index (χ0n) is 14.8. The van der Waals surface area contributed by atoms with Crippen molar-refractivity contribution in [3.05, 3.63) is 69.2 Å². The molecule has 2 aromatic heterocycles. The van der Waals surface area contributed by atoms with Gasteiger partial charge in [0, 0.05) is 58.9 Å². The molecule has 1 saturated heterocycles. The van der Waals surface area contributed by atoms with Crippen LogP contribution in [0.15, 0.2) is 57.9 Å². The van der Waals surface area contributed by atoms with Gasteiger partial charge in [-0.05, 0) is 36.6 Å². The van der Waals surface area contributed by atoms with E-state index in [9.17, 15) is 9.59 Å². The molecule has 2 bridgehead atoms. The van der Waals surface area contributed by atoms with Crippen molar-refractivity contribution in [2.75, 3.05) is 13.1 Å². The van der Waals surface area contributed by atoms with Gasteiger partial charge >= 0.3 is 0 Å². The number of hydrogen-bond donors (Lipinski definition) is 0. The Hall–Kier alpha value is -2.34. The number of fused-ring (bicyclic) bond motifs is 5. The van der Waals surface area contributed by atoms with Gasteiger partial charge < -0.3 is 14.0 Å². The van der Waals surface area contributed by atoms with E-state index in [1.165, 1.54) is 0 Å². The van der Waals surface area contributed by atoms with Crippen LogP contribution in [0.4, 0.5) is 0 Å². The van der Waals surface area contributed by atoms with Crippen molar-refractivity contribution in [2.24, 2.45) is 5.92 Å². The van der Waals surface area contributed by atoms with Gasteiger partial charge in [-0.15, -0.1) is 0 Å². The predicted molar refractivity (Wildman–Crippen MR) is 108 cm³/mol. The molecule has 2 atom stereocenters. The maximum atomic E-state index is 13.0. The summed E-state index contributed by atoms with van der Waals surface area (Å²) in [6.07, 6.45) is 3.04. The lowest BCUT2D eigenvalue weighted by Gasteiger charge is -2.42. The van der Waals surface area contributed by atoms with Crippen LogP contribution in [0, 0.1) is 5.92 Å². The molecule has 0 saturated carbocycles. The van der Waals surface area contributed by atoms with Gasteiger partial charge in [-0.1, -0.05) is 28.1 Å².